The Balaban J connectivity index is 1.63. The predicted octanol–water partition coefficient (Wildman–Crippen LogP) is 4.16. The van der Waals surface area contributed by atoms with Crippen molar-refractivity contribution in [2.24, 2.45) is 0 Å². The number of nitrogens with zero attached hydrogens (tertiary/aromatic N) is 1. The molecule has 0 radical (unpaired) electrons. The van der Waals surface area contributed by atoms with E-state index in [0.29, 0.717) is 0 Å². The van der Waals surface area contributed by atoms with Crippen LogP contribution in [0.15, 0.2) is 54.6 Å². The molecule has 3 rings (SSSR count). The minimum atomic E-state index is -0.183. The first-order valence-corrected chi connectivity index (χ1v) is 9.42. The highest BCUT2D eigenvalue weighted by atomic mass is 19.1. The quantitative estimate of drug-likeness (QED) is 0.754. The van der Waals surface area contributed by atoms with E-state index in [1.54, 1.807) is 12.1 Å². The Labute approximate surface area is 156 Å². The van der Waals surface area contributed by atoms with E-state index >= 15 is 0 Å². The molecular weight excluding hydrogens is 327 g/mol. The molecule has 1 aliphatic heterocycles. The SMILES string of the molecule is CC1(C)CN(C(CCNCc2ccccc2)c2ccc(F)cc2)CCO1. The molecular formula is C22H29FN2O. The first-order chi connectivity index (χ1) is 12.5. The first-order valence-electron chi connectivity index (χ1n) is 9.42. The summed E-state index contributed by atoms with van der Waals surface area (Å²) in [6.07, 6.45) is 0.981. The van der Waals surface area contributed by atoms with Crippen LogP contribution in [0.2, 0.25) is 0 Å². The third-order valence-corrected chi connectivity index (χ3v) is 4.92. The third-order valence-electron chi connectivity index (χ3n) is 4.92. The van der Waals surface area contributed by atoms with Gasteiger partial charge in [0.1, 0.15) is 5.82 Å². The van der Waals surface area contributed by atoms with E-state index in [1.165, 1.54) is 11.1 Å². The lowest BCUT2D eigenvalue weighted by Crippen LogP contribution is -2.49. The molecule has 0 saturated carbocycles. The number of hydrogen-bond donors (Lipinski definition) is 1. The molecule has 2 aromatic carbocycles. The topological polar surface area (TPSA) is 24.5 Å². The maximum Gasteiger partial charge on any atom is 0.123 e. The fraction of sp³-hybridized carbons (Fsp3) is 0.455. The van der Waals surface area contributed by atoms with E-state index in [1.807, 2.05) is 18.2 Å². The Bertz CT molecular complexity index is 672. The van der Waals surface area contributed by atoms with Crippen molar-refractivity contribution in [1.82, 2.24) is 10.2 Å². The monoisotopic (exact) mass is 356 g/mol. The number of rotatable bonds is 7. The summed E-state index contributed by atoms with van der Waals surface area (Å²) < 4.78 is 19.2. The largest absolute Gasteiger partial charge is 0.373 e. The Morgan fingerprint density at radius 2 is 1.85 bits per heavy atom. The van der Waals surface area contributed by atoms with E-state index in [9.17, 15) is 4.39 Å². The van der Waals surface area contributed by atoms with Crippen LogP contribution in [0.5, 0.6) is 0 Å². The standard InChI is InChI=1S/C22H29FN2O/c1-22(2)17-25(14-15-26-22)21(19-8-10-20(23)11-9-19)12-13-24-16-18-6-4-3-5-7-18/h3-11,21,24H,12-17H2,1-2H3. The summed E-state index contributed by atoms with van der Waals surface area (Å²) >= 11 is 0. The molecule has 26 heavy (non-hydrogen) atoms. The van der Waals surface area contributed by atoms with Gasteiger partial charge >= 0.3 is 0 Å². The van der Waals surface area contributed by atoms with Crippen LogP contribution >= 0.6 is 0 Å². The van der Waals surface area contributed by atoms with Crippen molar-refractivity contribution in [3.05, 3.63) is 71.5 Å². The molecule has 2 aromatic rings. The summed E-state index contributed by atoms with van der Waals surface area (Å²) in [4.78, 5) is 2.47. The minimum absolute atomic E-state index is 0.145. The van der Waals surface area contributed by atoms with Crippen LogP contribution < -0.4 is 5.32 Å². The highest BCUT2D eigenvalue weighted by Gasteiger charge is 2.31. The number of hydrogen-bond acceptors (Lipinski definition) is 3. The summed E-state index contributed by atoms with van der Waals surface area (Å²) in [5, 5.41) is 3.54. The van der Waals surface area contributed by atoms with Gasteiger partial charge in [0, 0.05) is 25.7 Å². The van der Waals surface area contributed by atoms with Crippen molar-refractivity contribution in [2.45, 2.75) is 38.5 Å². The Morgan fingerprint density at radius 3 is 2.54 bits per heavy atom. The summed E-state index contributed by atoms with van der Waals surface area (Å²) in [5.74, 6) is -0.183. The summed E-state index contributed by atoms with van der Waals surface area (Å²) in [6.45, 7) is 8.57. The van der Waals surface area contributed by atoms with Crippen molar-refractivity contribution < 1.29 is 9.13 Å². The maximum atomic E-state index is 13.4. The van der Waals surface area contributed by atoms with E-state index in [2.05, 4.69) is 48.3 Å². The summed E-state index contributed by atoms with van der Waals surface area (Å²) in [6, 6.07) is 17.7. The minimum Gasteiger partial charge on any atom is -0.373 e. The molecule has 0 amide bonds. The van der Waals surface area contributed by atoms with Crippen molar-refractivity contribution in [1.29, 1.82) is 0 Å². The van der Waals surface area contributed by atoms with Gasteiger partial charge < -0.3 is 10.1 Å². The molecule has 0 bridgehead atoms. The number of benzene rings is 2. The molecule has 1 atom stereocenters. The van der Waals surface area contributed by atoms with Crippen LogP contribution in [0.1, 0.15) is 37.4 Å². The highest BCUT2D eigenvalue weighted by Crippen LogP contribution is 2.29. The van der Waals surface area contributed by atoms with Gasteiger partial charge in [-0.15, -0.1) is 0 Å². The van der Waals surface area contributed by atoms with Gasteiger partial charge in [-0.2, -0.15) is 0 Å². The molecule has 0 spiro atoms. The van der Waals surface area contributed by atoms with E-state index < -0.39 is 0 Å². The molecule has 1 fully saturated rings. The second-order valence-electron chi connectivity index (χ2n) is 7.60. The average molecular weight is 356 g/mol. The van der Waals surface area contributed by atoms with Gasteiger partial charge in [0.15, 0.2) is 0 Å². The summed E-state index contributed by atoms with van der Waals surface area (Å²) in [7, 11) is 0. The van der Waals surface area contributed by atoms with E-state index in [0.717, 1.165) is 39.2 Å². The van der Waals surface area contributed by atoms with Crippen molar-refractivity contribution in [3.63, 3.8) is 0 Å². The number of nitrogens with one attached hydrogen (secondary N) is 1. The zero-order valence-corrected chi connectivity index (χ0v) is 15.7. The predicted molar refractivity (Wildman–Crippen MR) is 104 cm³/mol. The summed E-state index contributed by atoms with van der Waals surface area (Å²) in [5.41, 5.74) is 2.32. The van der Waals surface area contributed by atoms with Gasteiger partial charge in [-0.3, -0.25) is 4.90 Å². The zero-order valence-electron chi connectivity index (χ0n) is 15.7. The van der Waals surface area contributed by atoms with Crippen molar-refractivity contribution >= 4 is 0 Å². The van der Waals surface area contributed by atoms with E-state index in [-0.39, 0.29) is 17.5 Å². The maximum absolute atomic E-state index is 13.4. The molecule has 4 heteroatoms. The first kappa shape index (κ1) is 19.0. The van der Waals surface area contributed by atoms with Crippen LogP contribution in [-0.4, -0.2) is 36.7 Å². The Kier molecular flexibility index (Phi) is 6.41. The number of ether oxygens (including phenoxy) is 1. The van der Waals surface area contributed by atoms with E-state index in [4.69, 9.17) is 4.74 Å². The van der Waals surface area contributed by atoms with Gasteiger partial charge in [-0.05, 0) is 50.1 Å². The fourth-order valence-corrected chi connectivity index (χ4v) is 3.63. The highest BCUT2D eigenvalue weighted by molar-refractivity contribution is 5.20. The molecule has 1 unspecified atom stereocenters. The molecule has 0 aliphatic carbocycles. The Hall–Kier alpha value is -1.75. The zero-order chi connectivity index (χ0) is 18.4. The van der Waals surface area contributed by atoms with Crippen LogP contribution in [-0.2, 0) is 11.3 Å². The second kappa shape index (κ2) is 8.76. The molecule has 1 N–H and O–H groups in total. The van der Waals surface area contributed by atoms with Crippen LogP contribution in [0.4, 0.5) is 4.39 Å². The molecule has 3 nitrogen and oxygen atoms in total. The third kappa shape index (κ3) is 5.37. The van der Waals surface area contributed by atoms with Crippen LogP contribution in [0, 0.1) is 5.82 Å². The van der Waals surface area contributed by atoms with Crippen molar-refractivity contribution in [3.8, 4) is 0 Å². The molecule has 1 aliphatic rings. The number of halogens is 1. The average Bonchev–Trinajstić information content (AvgIpc) is 2.63. The molecule has 1 saturated heterocycles. The molecule has 140 valence electrons. The van der Waals surface area contributed by atoms with Gasteiger partial charge in [0.2, 0.25) is 0 Å². The van der Waals surface area contributed by atoms with Crippen molar-refractivity contribution in [2.75, 3.05) is 26.2 Å². The molecule has 0 aromatic heterocycles. The Morgan fingerprint density at radius 1 is 1.12 bits per heavy atom. The van der Waals surface area contributed by atoms with Gasteiger partial charge in [-0.25, -0.2) is 4.39 Å². The van der Waals surface area contributed by atoms with Gasteiger partial charge in [0.25, 0.3) is 0 Å². The van der Waals surface area contributed by atoms with Gasteiger partial charge in [-0.1, -0.05) is 42.5 Å². The second-order valence-corrected chi connectivity index (χ2v) is 7.60. The number of morpholine rings is 1. The van der Waals surface area contributed by atoms with Gasteiger partial charge in [0.05, 0.1) is 12.2 Å². The lowest BCUT2D eigenvalue weighted by Gasteiger charge is -2.42. The van der Waals surface area contributed by atoms with Crippen LogP contribution in [0.25, 0.3) is 0 Å². The fourth-order valence-electron chi connectivity index (χ4n) is 3.63. The smallest absolute Gasteiger partial charge is 0.123 e. The molecule has 1 heterocycles. The lowest BCUT2D eigenvalue weighted by molar-refractivity contribution is -0.0984. The van der Waals surface area contributed by atoms with Crippen LogP contribution in [0.3, 0.4) is 0 Å². The lowest BCUT2D eigenvalue weighted by atomic mass is 9.98. The normalized spacial score (nSPS) is 18.6.